The molecule has 4 rings (SSSR count). The Kier molecular flexibility index (Phi) is 9.91. The Hall–Kier alpha value is -3.31. The van der Waals surface area contributed by atoms with Crippen LogP contribution in [-0.4, -0.2) is 55.7 Å². The van der Waals surface area contributed by atoms with Crippen LogP contribution >= 0.6 is 11.8 Å². The SMILES string of the molecule is COCc1cc(N2CCN(c3cccc(C(F)(F)F)c3)CC2)nc(SCc2cccc(C(=O)NCC(C)C)c2)n1. The van der Waals surface area contributed by atoms with Crippen molar-refractivity contribution in [2.45, 2.75) is 37.5 Å². The van der Waals surface area contributed by atoms with Crippen LogP contribution in [-0.2, 0) is 23.3 Å². The molecule has 0 aliphatic carbocycles. The molecule has 2 aromatic carbocycles. The van der Waals surface area contributed by atoms with Gasteiger partial charge in [-0.2, -0.15) is 13.2 Å². The minimum Gasteiger partial charge on any atom is -0.378 e. The third-order valence-corrected chi connectivity index (χ3v) is 7.33. The molecule has 3 aromatic rings. The molecule has 0 unspecified atom stereocenters. The largest absolute Gasteiger partial charge is 0.416 e. The van der Waals surface area contributed by atoms with E-state index in [0.717, 1.165) is 23.1 Å². The first kappa shape index (κ1) is 29.7. The highest BCUT2D eigenvalue weighted by Crippen LogP contribution is 2.32. The van der Waals surface area contributed by atoms with Crippen molar-refractivity contribution in [1.82, 2.24) is 15.3 Å². The number of alkyl halides is 3. The van der Waals surface area contributed by atoms with Gasteiger partial charge in [0.25, 0.3) is 5.91 Å². The van der Waals surface area contributed by atoms with E-state index in [1.165, 1.54) is 23.9 Å². The van der Waals surface area contributed by atoms with E-state index < -0.39 is 11.7 Å². The van der Waals surface area contributed by atoms with Crippen molar-refractivity contribution in [3.63, 3.8) is 0 Å². The van der Waals surface area contributed by atoms with Gasteiger partial charge in [-0.3, -0.25) is 4.79 Å². The van der Waals surface area contributed by atoms with Crippen molar-refractivity contribution >= 4 is 29.2 Å². The maximum absolute atomic E-state index is 13.2. The molecule has 214 valence electrons. The second kappa shape index (κ2) is 13.4. The monoisotopic (exact) mass is 573 g/mol. The average molecular weight is 574 g/mol. The number of benzene rings is 2. The fourth-order valence-electron chi connectivity index (χ4n) is 4.33. The summed E-state index contributed by atoms with van der Waals surface area (Å²) in [5.41, 5.74) is 2.27. The first-order valence-corrected chi connectivity index (χ1v) is 14.1. The standard InChI is InChI=1S/C29H34F3N5O2S/c1-20(2)17-33-27(38)22-7-4-6-21(14-22)19-40-28-34-24(18-39-3)16-26(35-28)37-12-10-36(11-13-37)25-9-5-8-23(15-25)29(30,31)32/h4-9,14-16,20H,10-13,17-19H2,1-3H3,(H,33,38). The molecule has 0 atom stereocenters. The molecule has 1 aliphatic heterocycles. The molecule has 0 spiro atoms. The maximum atomic E-state index is 13.2. The number of hydrogen-bond donors (Lipinski definition) is 1. The minimum atomic E-state index is -4.37. The van der Waals surface area contributed by atoms with E-state index in [0.29, 0.717) is 67.4 Å². The van der Waals surface area contributed by atoms with Gasteiger partial charge in [0.2, 0.25) is 0 Å². The van der Waals surface area contributed by atoms with Crippen molar-refractivity contribution in [3.05, 3.63) is 77.0 Å². The van der Waals surface area contributed by atoms with Crippen molar-refractivity contribution in [2.75, 3.05) is 49.6 Å². The van der Waals surface area contributed by atoms with Gasteiger partial charge in [0.15, 0.2) is 5.16 Å². The van der Waals surface area contributed by atoms with Gasteiger partial charge in [-0.05, 0) is 41.8 Å². The van der Waals surface area contributed by atoms with Gasteiger partial charge in [-0.1, -0.05) is 43.8 Å². The lowest BCUT2D eigenvalue weighted by Crippen LogP contribution is -2.47. The molecule has 1 fully saturated rings. The van der Waals surface area contributed by atoms with Gasteiger partial charge in [-0.15, -0.1) is 0 Å². The van der Waals surface area contributed by atoms with Gasteiger partial charge in [0.1, 0.15) is 5.82 Å². The van der Waals surface area contributed by atoms with Crippen LogP contribution in [0.1, 0.15) is 41.0 Å². The number of hydrogen-bond acceptors (Lipinski definition) is 7. The van der Waals surface area contributed by atoms with Crippen molar-refractivity contribution in [2.24, 2.45) is 5.92 Å². The van der Waals surface area contributed by atoms with E-state index in [1.807, 2.05) is 29.2 Å². The van der Waals surface area contributed by atoms with Gasteiger partial charge in [-0.25, -0.2) is 9.97 Å². The van der Waals surface area contributed by atoms with E-state index in [1.54, 1.807) is 19.2 Å². The lowest BCUT2D eigenvalue weighted by atomic mass is 10.1. The lowest BCUT2D eigenvalue weighted by Gasteiger charge is -2.37. The van der Waals surface area contributed by atoms with E-state index >= 15 is 0 Å². The molecule has 0 radical (unpaired) electrons. The quantitative estimate of drug-likeness (QED) is 0.248. The molecule has 1 amide bonds. The van der Waals surface area contributed by atoms with Gasteiger partial charge in [0, 0.05) is 62.9 Å². The summed E-state index contributed by atoms with van der Waals surface area (Å²) in [6.45, 7) is 7.41. The van der Waals surface area contributed by atoms with Gasteiger partial charge in [0.05, 0.1) is 17.9 Å². The topological polar surface area (TPSA) is 70.6 Å². The van der Waals surface area contributed by atoms with Crippen molar-refractivity contribution < 1.29 is 22.7 Å². The van der Waals surface area contributed by atoms with E-state index in [-0.39, 0.29) is 5.91 Å². The van der Waals surface area contributed by atoms with Crippen LogP contribution in [0.2, 0.25) is 0 Å². The summed E-state index contributed by atoms with van der Waals surface area (Å²) >= 11 is 1.48. The number of anilines is 2. The van der Waals surface area contributed by atoms with Crippen LogP contribution in [0.25, 0.3) is 0 Å². The van der Waals surface area contributed by atoms with Crippen molar-refractivity contribution in [1.29, 1.82) is 0 Å². The zero-order valence-electron chi connectivity index (χ0n) is 22.9. The molecule has 1 N–H and O–H groups in total. The Morgan fingerprint density at radius 1 is 1.02 bits per heavy atom. The lowest BCUT2D eigenvalue weighted by molar-refractivity contribution is -0.137. The van der Waals surface area contributed by atoms with E-state index in [2.05, 4.69) is 29.0 Å². The number of halogens is 3. The minimum absolute atomic E-state index is 0.0922. The summed E-state index contributed by atoms with van der Waals surface area (Å²) in [7, 11) is 1.61. The van der Waals surface area contributed by atoms with E-state index in [4.69, 9.17) is 9.72 Å². The number of rotatable bonds is 10. The number of ether oxygens (including phenoxy) is 1. The third kappa shape index (κ3) is 8.11. The Balaban J connectivity index is 1.42. The van der Waals surface area contributed by atoms with Crippen LogP contribution in [0, 0.1) is 5.92 Å². The normalized spacial score (nSPS) is 14.1. The smallest absolute Gasteiger partial charge is 0.378 e. The summed E-state index contributed by atoms with van der Waals surface area (Å²) in [5.74, 6) is 1.63. The molecule has 11 heteroatoms. The molecule has 7 nitrogen and oxygen atoms in total. The second-order valence-electron chi connectivity index (χ2n) is 10.0. The number of methoxy groups -OCH3 is 1. The Labute approximate surface area is 237 Å². The fourth-order valence-corrected chi connectivity index (χ4v) is 5.14. The van der Waals surface area contributed by atoms with Crippen LogP contribution < -0.4 is 15.1 Å². The van der Waals surface area contributed by atoms with Crippen LogP contribution in [0.15, 0.2) is 59.8 Å². The summed E-state index contributed by atoms with van der Waals surface area (Å²) in [4.78, 5) is 26.0. The molecule has 1 saturated heterocycles. The summed E-state index contributed by atoms with van der Waals surface area (Å²) in [6, 6.07) is 14.9. The van der Waals surface area contributed by atoms with Gasteiger partial charge < -0.3 is 19.9 Å². The predicted molar refractivity (Wildman–Crippen MR) is 152 cm³/mol. The number of carbonyl (C=O) groups excluding carboxylic acids is 1. The number of aromatic nitrogens is 2. The predicted octanol–water partition coefficient (Wildman–Crippen LogP) is 5.65. The second-order valence-corrected chi connectivity index (χ2v) is 11.0. The summed E-state index contributed by atoms with van der Waals surface area (Å²) in [5, 5.41) is 3.54. The third-order valence-electron chi connectivity index (χ3n) is 6.41. The number of thioether (sulfide) groups is 1. The molecule has 1 aromatic heterocycles. The molecule has 2 heterocycles. The Morgan fingerprint density at radius 2 is 1.75 bits per heavy atom. The average Bonchev–Trinajstić information content (AvgIpc) is 2.95. The highest BCUT2D eigenvalue weighted by Gasteiger charge is 2.31. The Bertz CT molecular complexity index is 1300. The first-order chi connectivity index (χ1) is 19.1. The molecule has 0 bridgehead atoms. The molecular weight excluding hydrogens is 539 g/mol. The molecular formula is C29H34F3N5O2S. The molecule has 0 saturated carbocycles. The first-order valence-electron chi connectivity index (χ1n) is 13.2. The zero-order chi connectivity index (χ0) is 28.7. The number of amides is 1. The van der Waals surface area contributed by atoms with Crippen molar-refractivity contribution in [3.8, 4) is 0 Å². The van der Waals surface area contributed by atoms with Crippen LogP contribution in [0.4, 0.5) is 24.7 Å². The number of carbonyl (C=O) groups is 1. The zero-order valence-corrected chi connectivity index (χ0v) is 23.7. The molecule has 40 heavy (non-hydrogen) atoms. The highest BCUT2D eigenvalue weighted by molar-refractivity contribution is 7.98. The fraction of sp³-hybridized carbons (Fsp3) is 0.414. The van der Waals surface area contributed by atoms with Crippen LogP contribution in [0.3, 0.4) is 0 Å². The maximum Gasteiger partial charge on any atom is 0.416 e. The number of piperazine rings is 1. The van der Waals surface area contributed by atoms with Gasteiger partial charge >= 0.3 is 6.18 Å². The summed E-state index contributed by atoms with van der Waals surface area (Å²) < 4.78 is 44.8. The summed E-state index contributed by atoms with van der Waals surface area (Å²) in [6.07, 6.45) is -4.37. The Morgan fingerprint density at radius 3 is 2.45 bits per heavy atom. The number of nitrogens with one attached hydrogen (secondary N) is 1. The van der Waals surface area contributed by atoms with Crippen LogP contribution in [0.5, 0.6) is 0 Å². The highest BCUT2D eigenvalue weighted by atomic mass is 32.2. The van der Waals surface area contributed by atoms with E-state index in [9.17, 15) is 18.0 Å². The molecule has 1 aliphatic rings. The number of nitrogens with zero attached hydrogens (tertiary/aromatic N) is 4.